The molecule has 5 nitrogen and oxygen atoms in total. The molecule has 2 amide bonds. The van der Waals surface area contributed by atoms with Crippen molar-refractivity contribution in [3.8, 4) is 10.6 Å². The Kier molecular flexibility index (Phi) is 5.30. The topological polar surface area (TPSA) is 74.2 Å². The number of amides is 2. The lowest BCUT2D eigenvalue weighted by molar-refractivity contribution is 0.231. The Balaban J connectivity index is 2.10. The molecule has 21 heavy (non-hydrogen) atoms. The molecule has 0 fully saturated rings. The lowest BCUT2D eigenvalue weighted by Gasteiger charge is -2.13. The maximum atomic E-state index is 11.6. The van der Waals surface area contributed by atoms with Crippen LogP contribution in [0.25, 0.3) is 10.6 Å². The van der Waals surface area contributed by atoms with E-state index in [1.165, 1.54) is 0 Å². The fourth-order valence-corrected chi connectivity index (χ4v) is 3.07. The number of aliphatic hydroxyl groups is 1. The molecule has 1 aromatic carbocycles. The zero-order valence-electron chi connectivity index (χ0n) is 12.1. The van der Waals surface area contributed by atoms with Crippen molar-refractivity contribution in [3.63, 3.8) is 0 Å². The third-order valence-corrected chi connectivity index (χ3v) is 4.38. The summed E-state index contributed by atoms with van der Waals surface area (Å²) in [6, 6.07) is 9.57. The molecule has 0 saturated heterocycles. The summed E-state index contributed by atoms with van der Waals surface area (Å²) in [7, 11) is 0. The van der Waals surface area contributed by atoms with E-state index in [0.29, 0.717) is 0 Å². The second kappa shape index (κ2) is 7.19. The Morgan fingerprint density at radius 1 is 1.38 bits per heavy atom. The summed E-state index contributed by atoms with van der Waals surface area (Å²) in [5, 5.41) is 15.1. The molecule has 0 aliphatic heterocycles. The van der Waals surface area contributed by atoms with E-state index in [1.807, 2.05) is 44.2 Å². The van der Waals surface area contributed by atoms with Gasteiger partial charge in [-0.25, -0.2) is 9.78 Å². The van der Waals surface area contributed by atoms with Gasteiger partial charge in [-0.15, -0.1) is 11.3 Å². The molecule has 1 heterocycles. The Morgan fingerprint density at radius 2 is 2.10 bits per heavy atom. The van der Waals surface area contributed by atoms with Gasteiger partial charge in [-0.1, -0.05) is 30.3 Å². The van der Waals surface area contributed by atoms with E-state index in [2.05, 4.69) is 15.6 Å². The van der Waals surface area contributed by atoms with Crippen LogP contribution in [-0.2, 0) is 0 Å². The first kappa shape index (κ1) is 15.5. The van der Waals surface area contributed by atoms with Crippen LogP contribution in [0.1, 0.15) is 23.5 Å². The van der Waals surface area contributed by atoms with Gasteiger partial charge in [-0.05, 0) is 13.8 Å². The molecule has 0 aliphatic carbocycles. The number of benzene rings is 1. The molecule has 1 aromatic heterocycles. The highest BCUT2D eigenvalue weighted by Crippen LogP contribution is 2.31. The van der Waals surface area contributed by atoms with Crippen molar-refractivity contribution < 1.29 is 9.90 Å². The summed E-state index contributed by atoms with van der Waals surface area (Å²) >= 11 is 1.58. The first-order chi connectivity index (χ1) is 10.1. The molecule has 2 rings (SSSR count). The average Bonchev–Trinajstić information content (AvgIpc) is 2.88. The number of urea groups is 1. The molecule has 6 heteroatoms. The van der Waals surface area contributed by atoms with E-state index in [9.17, 15) is 4.79 Å². The molecule has 1 atom stereocenters. The first-order valence-corrected chi connectivity index (χ1v) is 7.61. The van der Waals surface area contributed by atoms with Crippen LogP contribution in [-0.4, -0.2) is 29.3 Å². The van der Waals surface area contributed by atoms with Crippen molar-refractivity contribution in [2.75, 3.05) is 13.2 Å². The quantitative estimate of drug-likeness (QED) is 0.794. The second-order valence-electron chi connectivity index (χ2n) is 4.68. The lowest BCUT2D eigenvalue weighted by atomic mass is 10.2. The van der Waals surface area contributed by atoms with Gasteiger partial charge in [0.2, 0.25) is 0 Å². The fraction of sp³-hybridized carbons (Fsp3) is 0.333. The van der Waals surface area contributed by atoms with Crippen molar-refractivity contribution >= 4 is 17.4 Å². The van der Waals surface area contributed by atoms with Crippen molar-refractivity contribution in [2.24, 2.45) is 0 Å². The number of carbonyl (C=O) groups excluding carboxylic acids is 1. The Morgan fingerprint density at radius 3 is 2.76 bits per heavy atom. The van der Waals surface area contributed by atoms with Crippen molar-refractivity contribution in [1.29, 1.82) is 0 Å². The van der Waals surface area contributed by atoms with Gasteiger partial charge in [-0.2, -0.15) is 0 Å². The summed E-state index contributed by atoms with van der Waals surface area (Å²) in [5.41, 5.74) is 2.00. The molecule has 0 bridgehead atoms. The van der Waals surface area contributed by atoms with Crippen LogP contribution < -0.4 is 10.6 Å². The van der Waals surface area contributed by atoms with E-state index in [1.54, 1.807) is 11.3 Å². The molecule has 0 spiro atoms. The Labute approximate surface area is 128 Å². The molecule has 0 saturated carbocycles. The number of hydrogen-bond acceptors (Lipinski definition) is 4. The third kappa shape index (κ3) is 4.03. The van der Waals surface area contributed by atoms with Gasteiger partial charge in [0.15, 0.2) is 0 Å². The van der Waals surface area contributed by atoms with Crippen LogP contribution >= 0.6 is 11.3 Å². The number of nitrogens with zero attached hydrogens (tertiary/aromatic N) is 1. The highest BCUT2D eigenvalue weighted by Gasteiger charge is 2.16. The van der Waals surface area contributed by atoms with Crippen LogP contribution in [0.5, 0.6) is 0 Å². The molecular weight excluding hydrogens is 286 g/mol. The normalized spacial score (nSPS) is 12.0. The monoisotopic (exact) mass is 305 g/mol. The van der Waals surface area contributed by atoms with Crippen LogP contribution in [0.3, 0.4) is 0 Å². The van der Waals surface area contributed by atoms with Crippen LogP contribution in [0.15, 0.2) is 30.3 Å². The maximum Gasteiger partial charge on any atom is 0.315 e. The minimum absolute atomic E-state index is 0.0699. The van der Waals surface area contributed by atoms with Crippen molar-refractivity contribution in [3.05, 3.63) is 40.9 Å². The maximum absolute atomic E-state index is 11.6. The SMILES string of the molecule is Cc1nc(-c2ccccc2)sc1C(C)NC(=O)NCCO. The summed E-state index contributed by atoms with van der Waals surface area (Å²) in [5.74, 6) is 0. The van der Waals surface area contributed by atoms with Crippen molar-refractivity contribution in [2.45, 2.75) is 19.9 Å². The van der Waals surface area contributed by atoms with Gasteiger partial charge in [0, 0.05) is 12.1 Å². The van der Waals surface area contributed by atoms with Crippen LogP contribution in [0.2, 0.25) is 0 Å². The summed E-state index contributed by atoms with van der Waals surface area (Å²) in [4.78, 5) is 17.2. The number of nitrogens with one attached hydrogen (secondary N) is 2. The highest BCUT2D eigenvalue weighted by atomic mass is 32.1. The second-order valence-corrected chi connectivity index (χ2v) is 5.71. The van der Waals surface area contributed by atoms with E-state index in [-0.39, 0.29) is 25.2 Å². The molecule has 1 unspecified atom stereocenters. The number of aryl methyl sites for hydroxylation is 1. The first-order valence-electron chi connectivity index (χ1n) is 6.79. The number of aliphatic hydroxyl groups excluding tert-OH is 1. The summed E-state index contributed by atoms with van der Waals surface area (Å²) < 4.78 is 0. The van der Waals surface area contributed by atoms with Crippen LogP contribution in [0.4, 0.5) is 4.79 Å². The average molecular weight is 305 g/mol. The Bertz CT molecular complexity index is 598. The van der Waals surface area contributed by atoms with Gasteiger partial charge in [0.1, 0.15) is 5.01 Å². The molecule has 0 aliphatic rings. The zero-order valence-corrected chi connectivity index (χ0v) is 12.9. The largest absolute Gasteiger partial charge is 0.395 e. The van der Waals surface area contributed by atoms with E-state index in [4.69, 9.17) is 5.11 Å². The number of rotatable bonds is 5. The summed E-state index contributed by atoms with van der Waals surface area (Å²) in [6.07, 6.45) is 0. The predicted octanol–water partition coefficient (Wildman–Crippen LogP) is 2.47. The third-order valence-electron chi connectivity index (χ3n) is 2.99. The lowest BCUT2D eigenvalue weighted by Crippen LogP contribution is -2.38. The van der Waals surface area contributed by atoms with Gasteiger partial charge in [0.05, 0.1) is 23.2 Å². The molecule has 2 aromatic rings. The number of hydrogen-bond donors (Lipinski definition) is 3. The minimum atomic E-state index is -0.286. The van der Waals surface area contributed by atoms with E-state index >= 15 is 0 Å². The zero-order chi connectivity index (χ0) is 15.2. The van der Waals surface area contributed by atoms with Crippen molar-refractivity contribution in [1.82, 2.24) is 15.6 Å². The minimum Gasteiger partial charge on any atom is -0.395 e. The molecule has 112 valence electrons. The number of thiazole rings is 1. The number of aromatic nitrogens is 1. The van der Waals surface area contributed by atoms with Crippen LogP contribution in [0, 0.1) is 6.92 Å². The van der Waals surface area contributed by atoms with Gasteiger partial charge in [-0.3, -0.25) is 0 Å². The standard InChI is InChI=1S/C15H19N3O2S/c1-10-13(11(2)18-15(20)16-8-9-19)21-14(17-10)12-6-4-3-5-7-12/h3-7,11,19H,8-9H2,1-2H3,(H2,16,18,20). The smallest absolute Gasteiger partial charge is 0.315 e. The van der Waals surface area contributed by atoms with Gasteiger partial charge in [0.25, 0.3) is 0 Å². The predicted molar refractivity (Wildman–Crippen MR) is 84.3 cm³/mol. The number of carbonyl (C=O) groups is 1. The van der Waals surface area contributed by atoms with Gasteiger partial charge < -0.3 is 15.7 Å². The Hall–Kier alpha value is -1.92. The molecular formula is C15H19N3O2S. The van der Waals surface area contributed by atoms with E-state index < -0.39 is 0 Å². The van der Waals surface area contributed by atoms with Gasteiger partial charge >= 0.3 is 6.03 Å². The van der Waals surface area contributed by atoms with E-state index in [0.717, 1.165) is 21.1 Å². The summed E-state index contributed by atoms with van der Waals surface area (Å²) in [6.45, 7) is 4.05. The highest BCUT2D eigenvalue weighted by molar-refractivity contribution is 7.15. The molecule has 0 radical (unpaired) electrons. The molecule has 3 N–H and O–H groups in total. The fourth-order valence-electron chi connectivity index (χ4n) is 2.00.